The van der Waals surface area contributed by atoms with E-state index in [0.29, 0.717) is 0 Å². The molecule has 24 heavy (non-hydrogen) atoms. The third-order valence-corrected chi connectivity index (χ3v) is 4.41. The minimum Gasteiger partial charge on any atom is -0.506 e. The molecule has 119 valence electrons. The van der Waals surface area contributed by atoms with Crippen molar-refractivity contribution < 1.29 is 37.9 Å². The normalized spacial score (nSPS) is 13.0. The number of carbonyl (C=O) groups is 2. The summed E-state index contributed by atoms with van der Waals surface area (Å²) in [7, 11) is -5.16. The van der Waals surface area contributed by atoms with E-state index in [9.17, 15) is 33.3 Å². The minimum atomic E-state index is -5.16. The van der Waals surface area contributed by atoms with Crippen LogP contribution in [0.3, 0.4) is 0 Å². The smallest absolute Gasteiger partial charge is 0.302 e. The maximum Gasteiger partial charge on any atom is 0.302 e. The molecule has 0 heterocycles. The third-order valence-electron chi connectivity index (χ3n) is 3.51. The number of ketones is 2. The summed E-state index contributed by atoms with van der Waals surface area (Å²) in [6.45, 7) is 0. The van der Waals surface area contributed by atoms with Crippen molar-refractivity contribution in [3.63, 3.8) is 0 Å². The maximum absolute atomic E-state index is 12.4. The molecule has 0 aliphatic heterocycles. The fourth-order valence-electron chi connectivity index (χ4n) is 2.52. The van der Waals surface area contributed by atoms with E-state index in [1.54, 1.807) is 0 Å². The third kappa shape index (κ3) is 2.41. The molecular formula is C14H8NaO8S. The van der Waals surface area contributed by atoms with Gasteiger partial charge in [0, 0.05) is 40.7 Å². The Bertz CT molecular complexity index is 1010. The van der Waals surface area contributed by atoms with Crippen LogP contribution in [0.15, 0.2) is 29.2 Å². The average Bonchev–Trinajstić information content (AvgIpc) is 2.47. The standard InChI is InChI=1S/C14H8O8S.Na/c15-9-5-3-1-2-4-6(5)10(16)8-7(9)11(17)13(19)14(12(8)18)23(20,21)22;/h1-4,17-19H,(H,20,21,22);. The van der Waals surface area contributed by atoms with E-state index in [2.05, 4.69) is 0 Å². The van der Waals surface area contributed by atoms with Crippen molar-refractivity contribution in [1.29, 1.82) is 0 Å². The zero-order valence-electron chi connectivity index (χ0n) is 12.1. The molecule has 0 atom stereocenters. The summed E-state index contributed by atoms with van der Waals surface area (Å²) < 4.78 is 31.6. The average molecular weight is 359 g/mol. The molecule has 10 heteroatoms. The van der Waals surface area contributed by atoms with Gasteiger partial charge in [-0.3, -0.25) is 14.1 Å². The summed E-state index contributed by atoms with van der Waals surface area (Å²) in [6, 6.07) is 5.52. The molecule has 2 aromatic carbocycles. The summed E-state index contributed by atoms with van der Waals surface area (Å²) >= 11 is 0. The Labute approximate surface area is 157 Å². The molecule has 0 saturated carbocycles. The van der Waals surface area contributed by atoms with Crippen LogP contribution in [0.25, 0.3) is 0 Å². The van der Waals surface area contributed by atoms with Crippen LogP contribution in [-0.2, 0) is 10.1 Å². The monoisotopic (exact) mass is 359 g/mol. The van der Waals surface area contributed by atoms with Gasteiger partial charge >= 0.3 is 10.1 Å². The van der Waals surface area contributed by atoms with Crippen molar-refractivity contribution in [1.82, 2.24) is 0 Å². The van der Waals surface area contributed by atoms with Gasteiger partial charge in [-0.15, -0.1) is 0 Å². The van der Waals surface area contributed by atoms with Crippen LogP contribution in [-0.4, -0.2) is 69.4 Å². The van der Waals surface area contributed by atoms with E-state index >= 15 is 0 Å². The van der Waals surface area contributed by atoms with Crippen LogP contribution in [0.5, 0.6) is 17.2 Å². The number of fused-ring (bicyclic) bond motifs is 2. The zero-order valence-corrected chi connectivity index (χ0v) is 15.0. The van der Waals surface area contributed by atoms with E-state index in [4.69, 9.17) is 4.55 Å². The zero-order chi connectivity index (χ0) is 17.1. The van der Waals surface area contributed by atoms with E-state index in [1.165, 1.54) is 24.3 Å². The predicted octanol–water partition coefficient (Wildman–Crippen LogP) is 0.445. The molecule has 0 aromatic heterocycles. The van der Waals surface area contributed by atoms with E-state index < -0.39 is 55.0 Å². The maximum atomic E-state index is 12.4. The molecule has 8 nitrogen and oxygen atoms in total. The Kier molecular flexibility index (Phi) is 4.51. The molecule has 1 aliphatic carbocycles. The molecule has 0 saturated heterocycles. The van der Waals surface area contributed by atoms with Gasteiger partial charge in [-0.05, 0) is 0 Å². The van der Waals surface area contributed by atoms with Crippen LogP contribution in [0.1, 0.15) is 31.8 Å². The second-order valence-electron chi connectivity index (χ2n) is 4.80. The Morgan fingerprint density at radius 1 is 0.750 bits per heavy atom. The van der Waals surface area contributed by atoms with Crippen molar-refractivity contribution in [2.24, 2.45) is 0 Å². The van der Waals surface area contributed by atoms with Crippen LogP contribution < -0.4 is 0 Å². The Hall–Kier alpha value is -1.91. The molecule has 0 unspecified atom stereocenters. The Morgan fingerprint density at radius 2 is 1.17 bits per heavy atom. The molecule has 0 amide bonds. The second kappa shape index (κ2) is 5.87. The summed E-state index contributed by atoms with van der Waals surface area (Å²) in [4.78, 5) is 23.4. The molecule has 3 rings (SSSR count). The Morgan fingerprint density at radius 3 is 1.58 bits per heavy atom. The first-order valence-electron chi connectivity index (χ1n) is 6.13. The summed E-state index contributed by atoms with van der Waals surface area (Å²) in [5.41, 5.74) is -1.70. The molecule has 0 spiro atoms. The van der Waals surface area contributed by atoms with Gasteiger partial charge in [0.2, 0.25) is 0 Å². The molecule has 4 N–H and O–H groups in total. The van der Waals surface area contributed by atoms with Gasteiger partial charge in [-0.25, -0.2) is 0 Å². The van der Waals surface area contributed by atoms with Crippen LogP contribution in [0, 0.1) is 0 Å². The van der Waals surface area contributed by atoms with E-state index in [1.807, 2.05) is 0 Å². The molecule has 0 bridgehead atoms. The van der Waals surface area contributed by atoms with Crippen molar-refractivity contribution >= 4 is 51.2 Å². The van der Waals surface area contributed by atoms with Gasteiger partial charge in [0.15, 0.2) is 33.7 Å². The topological polar surface area (TPSA) is 149 Å². The van der Waals surface area contributed by atoms with Crippen LogP contribution >= 0.6 is 0 Å². The van der Waals surface area contributed by atoms with Crippen LogP contribution in [0.4, 0.5) is 0 Å². The molecule has 1 radical (unpaired) electrons. The first-order valence-corrected chi connectivity index (χ1v) is 7.57. The summed E-state index contributed by atoms with van der Waals surface area (Å²) in [5, 5.41) is 29.6. The number of hydrogen-bond donors (Lipinski definition) is 4. The van der Waals surface area contributed by atoms with E-state index in [-0.39, 0.29) is 40.7 Å². The minimum absolute atomic E-state index is 0. The second-order valence-corrected chi connectivity index (χ2v) is 6.16. The summed E-state index contributed by atoms with van der Waals surface area (Å²) in [5.74, 6) is -5.72. The number of aromatic hydroxyl groups is 3. The van der Waals surface area contributed by atoms with Crippen LogP contribution in [0.2, 0.25) is 0 Å². The first-order chi connectivity index (χ1) is 10.7. The van der Waals surface area contributed by atoms with Crippen molar-refractivity contribution in [2.45, 2.75) is 4.90 Å². The number of rotatable bonds is 1. The molecule has 2 aromatic rings. The number of phenolic OH excluding ortho intramolecular Hbond substituents is 3. The van der Waals surface area contributed by atoms with Gasteiger partial charge in [-0.2, -0.15) is 8.42 Å². The number of hydrogen-bond acceptors (Lipinski definition) is 7. The SMILES string of the molecule is O=C1c2ccccc2C(=O)c2c(O)c(S(=O)(=O)O)c(O)c(O)c21.[Na]. The van der Waals surface area contributed by atoms with E-state index in [0.717, 1.165) is 0 Å². The quantitative estimate of drug-likeness (QED) is 0.212. The fraction of sp³-hybridized carbons (Fsp3) is 0. The summed E-state index contributed by atoms with van der Waals surface area (Å²) in [6.07, 6.45) is 0. The molecular weight excluding hydrogens is 351 g/mol. The van der Waals surface area contributed by atoms with Crippen molar-refractivity contribution in [2.75, 3.05) is 0 Å². The van der Waals surface area contributed by atoms with Gasteiger partial charge < -0.3 is 15.3 Å². The van der Waals surface area contributed by atoms with Gasteiger partial charge in [-0.1, -0.05) is 24.3 Å². The number of benzene rings is 2. The van der Waals surface area contributed by atoms with Crippen molar-refractivity contribution in [3.05, 3.63) is 46.5 Å². The van der Waals surface area contributed by atoms with Gasteiger partial charge in [0.25, 0.3) is 0 Å². The Balaban J connectivity index is 0.00000208. The predicted molar refractivity (Wildman–Crippen MR) is 80.3 cm³/mol. The largest absolute Gasteiger partial charge is 0.506 e. The molecule has 0 fully saturated rings. The first kappa shape index (κ1) is 18.4. The van der Waals surface area contributed by atoms with Crippen molar-refractivity contribution in [3.8, 4) is 17.2 Å². The number of phenols is 3. The molecule has 1 aliphatic rings. The van der Waals surface area contributed by atoms with Gasteiger partial charge in [0.1, 0.15) is 0 Å². The number of carbonyl (C=O) groups excluding carboxylic acids is 2. The fourth-order valence-corrected chi connectivity index (χ4v) is 3.21. The van der Waals surface area contributed by atoms with Gasteiger partial charge in [0.05, 0.1) is 11.1 Å².